The van der Waals surface area contributed by atoms with Gasteiger partial charge in [0.1, 0.15) is 0 Å². The van der Waals surface area contributed by atoms with Crippen molar-refractivity contribution in [2.24, 2.45) is 0 Å². The SMILES string of the molecule is Cc1cn2nc(C3=CC(=O)N4C=C(N5CCCNCC5)C=CC4P3)cc2c(C)n1. The van der Waals surface area contributed by atoms with Gasteiger partial charge in [0.05, 0.1) is 40.3 Å². The molecule has 29 heavy (non-hydrogen) atoms. The van der Waals surface area contributed by atoms with Crippen LogP contribution in [0.3, 0.4) is 0 Å². The van der Waals surface area contributed by atoms with Gasteiger partial charge in [-0.2, -0.15) is 5.10 Å². The van der Waals surface area contributed by atoms with E-state index < -0.39 is 0 Å². The van der Waals surface area contributed by atoms with Gasteiger partial charge in [0.25, 0.3) is 5.91 Å². The van der Waals surface area contributed by atoms with Crippen LogP contribution in [0.1, 0.15) is 23.5 Å². The average molecular weight is 408 g/mol. The molecule has 5 rings (SSSR count). The van der Waals surface area contributed by atoms with E-state index in [0.29, 0.717) is 8.58 Å². The predicted molar refractivity (Wildman–Crippen MR) is 116 cm³/mol. The fourth-order valence-corrected chi connectivity index (χ4v) is 5.46. The molecule has 1 amide bonds. The van der Waals surface area contributed by atoms with Gasteiger partial charge in [0.2, 0.25) is 0 Å². The van der Waals surface area contributed by atoms with Gasteiger partial charge in [0.15, 0.2) is 0 Å². The van der Waals surface area contributed by atoms with Gasteiger partial charge in [-0.1, -0.05) is 14.7 Å². The number of carbonyl (C=O) groups excluding carboxylic acids is 1. The first-order valence-corrected chi connectivity index (χ1v) is 11.2. The Kier molecular flexibility index (Phi) is 4.72. The Morgan fingerprint density at radius 3 is 3.03 bits per heavy atom. The highest BCUT2D eigenvalue weighted by molar-refractivity contribution is 7.51. The lowest BCUT2D eigenvalue weighted by Crippen LogP contribution is -2.38. The van der Waals surface area contributed by atoms with Crippen molar-refractivity contribution < 1.29 is 4.79 Å². The van der Waals surface area contributed by atoms with E-state index in [1.165, 1.54) is 0 Å². The molecule has 0 aliphatic carbocycles. The van der Waals surface area contributed by atoms with E-state index in [2.05, 4.69) is 27.4 Å². The van der Waals surface area contributed by atoms with E-state index in [1.807, 2.05) is 41.7 Å². The van der Waals surface area contributed by atoms with Crippen molar-refractivity contribution in [3.8, 4) is 0 Å². The van der Waals surface area contributed by atoms with Gasteiger partial charge in [-0.3, -0.25) is 9.78 Å². The first-order chi connectivity index (χ1) is 14.1. The number of allylic oxidation sites excluding steroid dienone is 1. The minimum absolute atomic E-state index is 0.0293. The third kappa shape index (κ3) is 3.49. The first-order valence-electron chi connectivity index (χ1n) is 10.1. The lowest BCUT2D eigenvalue weighted by atomic mass is 10.2. The van der Waals surface area contributed by atoms with Crippen LogP contribution in [0.4, 0.5) is 0 Å². The molecule has 150 valence electrons. The van der Waals surface area contributed by atoms with Crippen molar-refractivity contribution in [3.63, 3.8) is 0 Å². The van der Waals surface area contributed by atoms with Crippen molar-refractivity contribution >= 4 is 25.3 Å². The van der Waals surface area contributed by atoms with Crippen LogP contribution in [0.5, 0.6) is 0 Å². The van der Waals surface area contributed by atoms with Crippen LogP contribution in [-0.4, -0.2) is 62.3 Å². The van der Waals surface area contributed by atoms with Crippen LogP contribution >= 0.6 is 8.58 Å². The quantitative estimate of drug-likeness (QED) is 0.773. The predicted octanol–water partition coefficient (Wildman–Crippen LogP) is 2.24. The number of hydrogen-bond acceptors (Lipinski definition) is 5. The fraction of sp³-hybridized carbons (Fsp3) is 0.381. The normalized spacial score (nSPS) is 23.2. The number of nitrogens with one attached hydrogen (secondary N) is 1. The topological polar surface area (TPSA) is 65.8 Å². The lowest BCUT2D eigenvalue weighted by Gasteiger charge is -2.36. The summed E-state index contributed by atoms with van der Waals surface area (Å²) >= 11 is 0. The monoisotopic (exact) mass is 408 g/mol. The molecule has 2 aromatic rings. The first kappa shape index (κ1) is 18.5. The average Bonchev–Trinajstić information content (AvgIpc) is 2.94. The second-order valence-electron chi connectivity index (χ2n) is 7.72. The summed E-state index contributed by atoms with van der Waals surface area (Å²) in [4.78, 5) is 21.7. The van der Waals surface area contributed by atoms with Crippen LogP contribution in [0.15, 0.2) is 42.4 Å². The van der Waals surface area contributed by atoms with Crippen LogP contribution < -0.4 is 5.32 Å². The van der Waals surface area contributed by atoms with Crippen molar-refractivity contribution in [2.75, 3.05) is 26.2 Å². The molecule has 0 saturated carbocycles. The molecule has 1 N–H and O–H groups in total. The Hall–Kier alpha value is -2.50. The molecule has 0 spiro atoms. The van der Waals surface area contributed by atoms with Crippen molar-refractivity contribution in [1.82, 2.24) is 29.7 Å². The second kappa shape index (κ2) is 7.39. The number of nitrogens with zero attached hydrogens (tertiary/aromatic N) is 5. The maximum absolute atomic E-state index is 12.9. The Morgan fingerprint density at radius 2 is 2.14 bits per heavy atom. The molecule has 5 heterocycles. The summed E-state index contributed by atoms with van der Waals surface area (Å²) in [6, 6.07) is 2.04. The van der Waals surface area contributed by atoms with Gasteiger partial charge >= 0.3 is 0 Å². The molecule has 2 unspecified atom stereocenters. The summed E-state index contributed by atoms with van der Waals surface area (Å²) in [5, 5.41) is 9.16. The van der Waals surface area contributed by atoms with E-state index in [-0.39, 0.29) is 11.7 Å². The van der Waals surface area contributed by atoms with Crippen LogP contribution in [0.25, 0.3) is 10.8 Å². The zero-order chi connectivity index (χ0) is 20.0. The smallest absolute Gasteiger partial charge is 0.252 e. The minimum Gasteiger partial charge on any atom is -0.369 e. The maximum Gasteiger partial charge on any atom is 0.252 e. The van der Waals surface area contributed by atoms with E-state index in [4.69, 9.17) is 5.10 Å². The molecule has 3 aliphatic heterocycles. The number of fused-ring (bicyclic) bond motifs is 2. The highest BCUT2D eigenvalue weighted by atomic mass is 31.1. The summed E-state index contributed by atoms with van der Waals surface area (Å²) in [5.41, 5.74) is 4.87. The molecular weight excluding hydrogens is 383 g/mol. The van der Waals surface area contributed by atoms with Crippen molar-refractivity contribution in [1.29, 1.82) is 0 Å². The number of hydrogen-bond donors (Lipinski definition) is 1. The van der Waals surface area contributed by atoms with E-state index in [9.17, 15) is 4.79 Å². The zero-order valence-corrected chi connectivity index (χ0v) is 17.7. The maximum atomic E-state index is 12.9. The molecule has 1 saturated heterocycles. The van der Waals surface area contributed by atoms with Gasteiger partial charge in [-0.05, 0) is 39.0 Å². The van der Waals surface area contributed by atoms with Gasteiger partial charge in [-0.25, -0.2) is 4.52 Å². The molecule has 3 aliphatic rings. The Balaban J connectivity index is 1.43. The highest BCUT2D eigenvalue weighted by Crippen LogP contribution is 2.44. The van der Waals surface area contributed by atoms with Crippen LogP contribution in [0, 0.1) is 13.8 Å². The number of amides is 1. The summed E-state index contributed by atoms with van der Waals surface area (Å²) in [5.74, 6) is 0.101. The number of aromatic nitrogens is 3. The zero-order valence-electron chi connectivity index (χ0n) is 16.7. The largest absolute Gasteiger partial charge is 0.369 e. The number of carbonyl (C=O) groups is 1. The molecule has 0 radical (unpaired) electrons. The van der Waals surface area contributed by atoms with Gasteiger partial charge in [0, 0.05) is 37.2 Å². The Labute approximate surface area is 171 Å². The molecule has 8 heteroatoms. The van der Waals surface area contributed by atoms with Crippen LogP contribution in [0.2, 0.25) is 0 Å². The molecule has 0 bridgehead atoms. The molecule has 2 aromatic heterocycles. The Bertz CT molecular complexity index is 1060. The van der Waals surface area contributed by atoms with Gasteiger partial charge in [-0.15, -0.1) is 0 Å². The third-order valence-corrected chi connectivity index (χ3v) is 7.06. The van der Waals surface area contributed by atoms with Gasteiger partial charge < -0.3 is 15.1 Å². The minimum atomic E-state index is 0.0293. The molecule has 1 fully saturated rings. The summed E-state index contributed by atoms with van der Waals surface area (Å²) in [7, 11) is 0.470. The third-order valence-electron chi connectivity index (χ3n) is 5.59. The van der Waals surface area contributed by atoms with E-state index in [1.54, 1.807) is 6.08 Å². The van der Waals surface area contributed by atoms with Crippen molar-refractivity contribution in [3.05, 3.63) is 59.5 Å². The fourth-order valence-electron chi connectivity index (χ4n) is 4.13. The van der Waals surface area contributed by atoms with Crippen LogP contribution in [-0.2, 0) is 4.79 Å². The second-order valence-corrected chi connectivity index (χ2v) is 9.14. The number of rotatable bonds is 2. The standard InChI is InChI=1S/C21H25N6OP/c1-14-12-27-18(15(2)23-14)10-17(24-27)19-11-20(28)26-13-16(4-5-21(26)29-19)25-8-3-6-22-7-9-25/h4-5,10-13,21-22,29H,3,6-9H2,1-2H3. The summed E-state index contributed by atoms with van der Waals surface area (Å²) < 4.78 is 1.87. The lowest BCUT2D eigenvalue weighted by molar-refractivity contribution is -0.123. The molecule has 0 aromatic carbocycles. The van der Waals surface area contributed by atoms with Crippen molar-refractivity contribution in [2.45, 2.75) is 26.1 Å². The molecule has 2 atom stereocenters. The highest BCUT2D eigenvalue weighted by Gasteiger charge is 2.30. The summed E-state index contributed by atoms with van der Waals surface area (Å²) in [6.07, 6.45) is 11.2. The van der Waals surface area contributed by atoms with E-state index in [0.717, 1.165) is 66.2 Å². The van der Waals surface area contributed by atoms with E-state index >= 15 is 0 Å². The summed E-state index contributed by atoms with van der Waals surface area (Å²) in [6.45, 7) is 7.99. The molecule has 7 nitrogen and oxygen atoms in total. The Morgan fingerprint density at radius 1 is 1.24 bits per heavy atom. The number of aryl methyl sites for hydroxylation is 2. The molecular formula is C21H25N6OP.